The molecule has 1 aliphatic carbocycles. The molecule has 180 valence electrons. The second-order valence-corrected chi connectivity index (χ2v) is 12.6. The molecule has 0 saturated heterocycles. The lowest BCUT2D eigenvalue weighted by Crippen LogP contribution is -2.28. The summed E-state index contributed by atoms with van der Waals surface area (Å²) in [6, 6.07) is 4.46. The van der Waals surface area contributed by atoms with E-state index in [4.69, 9.17) is 0 Å². The molecular weight excluding hydrogens is 483 g/mol. The third-order valence-electron chi connectivity index (χ3n) is 7.00. The zero-order valence-corrected chi connectivity index (χ0v) is 22.8. The minimum absolute atomic E-state index is 0.121. The molecule has 0 bridgehead atoms. The van der Waals surface area contributed by atoms with E-state index in [1.54, 1.807) is 22.7 Å². The van der Waals surface area contributed by atoms with Crippen molar-refractivity contribution in [3.63, 3.8) is 0 Å². The molecule has 0 aromatic carbocycles. The number of nitrogens with zero attached hydrogens (tertiary/aromatic N) is 4. The fraction of sp³-hybridized carbons (Fsp3) is 0.520. The van der Waals surface area contributed by atoms with E-state index in [0.717, 1.165) is 54.3 Å². The molecule has 34 heavy (non-hydrogen) atoms. The molecule has 3 heterocycles. The fourth-order valence-corrected chi connectivity index (χ4v) is 7.27. The van der Waals surface area contributed by atoms with Gasteiger partial charge in [-0.15, -0.1) is 32.9 Å². The van der Waals surface area contributed by atoms with E-state index in [2.05, 4.69) is 67.6 Å². The highest BCUT2D eigenvalue weighted by atomic mass is 32.2. The highest BCUT2D eigenvalue weighted by Crippen LogP contribution is 2.45. The van der Waals surface area contributed by atoms with Crippen LogP contribution < -0.4 is 5.32 Å². The number of rotatable bonds is 8. The normalized spacial score (nSPS) is 15.7. The molecule has 1 unspecified atom stereocenters. The highest BCUT2D eigenvalue weighted by molar-refractivity contribution is 7.99. The lowest BCUT2D eigenvalue weighted by Gasteiger charge is -2.36. The van der Waals surface area contributed by atoms with Crippen LogP contribution >= 0.6 is 34.4 Å². The first-order valence-corrected chi connectivity index (χ1v) is 14.4. The van der Waals surface area contributed by atoms with Gasteiger partial charge >= 0.3 is 0 Å². The van der Waals surface area contributed by atoms with Crippen LogP contribution in [-0.2, 0) is 24.2 Å². The molecule has 1 N–H and O–H groups in total. The summed E-state index contributed by atoms with van der Waals surface area (Å²) in [5, 5.41) is 25.0. The van der Waals surface area contributed by atoms with Gasteiger partial charge in [0.15, 0.2) is 11.0 Å². The number of anilines is 1. The molecule has 4 rings (SSSR count). The zero-order valence-electron chi connectivity index (χ0n) is 20.4. The average Bonchev–Trinajstić information content (AvgIpc) is 3.52. The van der Waals surface area contributed by atoms with Crippen LogP contribution in [-0.4, -0.2) is 26.4 Å². The first-order chi connectivity index (χ1) is 16.3. The van der Waals surface area contributed by atoms with Crippen LogP contribution in [0.3, 0.4) is 0 Å². The second-order valence-electron chi connectivity index (χ2n) is 9.43. The van der Waals surface area contributed by atoms with E-state index in [0.29, 0.717) is 16.5 Å². The highest BCUT2D eigenvalue weighted by Gasteiger charge is 2.34. The number of amides is 1. The largest absolute Gasteiger partial charge is 0.316 e. The Balaban J connectivity index is 1.45. The lowest BCUT2D eigenvalue weighted by molar-refractivity contribution is -0.113. The Labute approximate surface area is 213 Å². The van der Waals surface area contributed by atoms with Gasteiger partial charge < -0.3 is 9.88 Å². The Morgan fingerprint density at radius 3 is 2.82 bits per heavy atom. The molecule has 0 aliphatic heterocycles. The average molecular weight is 514 g/mol. The van der Waals surface area contributed by atoms with Gasteiger partial charge in [-0.1, -0.05) is 39.0 Å². The SMILES string of the molecule is CCn1c(SCC(=O)Nc2sc3c(c2C#N)CCC(C(C)(C)CC)C3)nnc1-c1csc(C)c1. The smallest absolute Gasteiger partial charge is 0.235 e. The minimum Gasteiger partial charge on any atom is -0.316 e. The van der Waals surface area contributed by atoms with Crippen molar-refractivity contribution in [2.24, 2.45) is 11.3 Å². The topological polar surface area (TPSA) is 83.6 Å². The molecule has 1 atom stereocenters. The Kier molecular flexibility index (Phi) is 7.51. The molecule has 1 amide bonds. The zero-order chi connectivity index (χ0) is 24.5. The van der Waals surface area contributed by atoms with Crippen molar-refractivity contribution < 1.29 is 4.79 Å². The number of thiophene rings is 2. The number of hydrogen-bond acceptors (Lipinski definition) is 7. The van der Waals surface area contributed by atoms with E-state index in [1.165, 1.54) is 21.5 Å². The van der Waals surface area contributed by atoms with Crippen molar-refractivity contribution >= 4 is 45.3 Å². The Morgan fingerprint density at radius 1 is 1.38 bits per heavy atom. The van der Waals surface area contributed by atoms with Gasteiger partial charge in [-0.3, -0.25) is 4.79 Å². The number of fused-ring (bicyclic) bond motifs is 1. The minimum atomic E-state index is -0.121. The number of carbonyl (C=O) groups excluding carboxylic acids is 1. The van der Waals surface area contributed by atoms with Crippen molar-refractivity contribution in [2.75, 3.05) is 11.1 Å². The summed E-state index contributed by atoms with van der Waals surface area (Å²) < 4.78 is 2.04. The van der Waals surface area contributed by atoms with Crippen LogP contribution in [0.5, 0.6) is 0 Å². The molecule has 1 aliphatic rings. The number of nitrogens with one attached hydrogen (secondary N) is 1. The molecule has 0 radical (unpaired) electrons. The van der Waals surface area contributed by atoms with Gasteiger partial charge in [0.05, 0.1) is 11.3 Å². The molecular formula is C25H31N5OS3. The van der Waals surface area contributed by atoms with Gasteiger partial charge in [0.1, 0.15) is 11.1 Å². The summed E-state index contributed by atoms with van der Waals surface area (Å²) in [6.07, 6.45) is 4.14. The number of aromatic nitrogens is 3. The van der Waals surface area contributed by atoms with Gasteiger partial charge in [-0.2, -0.15) is 5.26 Å². The van der Waals surface area contributed by atoms with E-state index < -0.39 is 0 Å². The molecule has 0 fully saturated rings. The van der Waals surface area contributed by atoms with Crippen molar-refractivity contribution in [3.05, 3.63) is 32.3 Å². The maximum atomic E-state index is 12.8. The van der Waals surface area contributed by atoms with Crippen LogP contribution in [0.15, 0.2) is 16.6 Å². The van der Waals surface area contributed by atoms with Crippen LogP contribution in [0.25, 0.3) is 11.4 Å². The quantitative estimate of drug-likeness (QED) is 0.346. The van der Waals surface area contributed by atoms with E-state index in [1.807, 2.05) is 4.57 Å². The summed E-state index contributed by atoms with van der Waals surface area (Å²) in [5.41, 5.74) is 3.13. The van der Waals surface area contributed by atoms with Gasteiger partial charge in [0.2, 0.25) is 5.91 Å². The monoisotopic (exact) mass is 513 g/mol. The fourth-order valence-electron chi connectivity index (χ4n) is 4.50. The standard InChI is InChI=1S/C25H31N5OS3/c1-6-25(4,5)17-8-9-18-19(12-26)23(34-20(18)11-17)27-21(31)14-33-24-29-28-22(30(24)7-2)16-10-15(3)32-13-16/h10,13,17H,6-9,11,14H2,1-5H3,(H,27,31). The summed E-state index contributed by atoms with van der Waals surface area (Å²) >= 11 is 4.65. The molecule has 6 nitrogen and oxygen atoms in total. The number of nitriles is 1. The molecule has 3 aromatic heterocycles. The van der Waals surface area contributed by atoms with Crippen LogP contribution in [0.4, 0.5) is 5.00 Å². The maximum absolute atomic E-state index is 12.8. The van der Waals surface area contributed by atoms with Crippen LogP contribution in [0.1, 0.15) is 61.4 Å². The Bertz CT molecular complexity index is 1230. The van der Waals surface area contributed by atoms with Crippen LogP contribution in [0.2, 0.25) is 0 Å². The first-order valence-electron chi connectivity index (χ1n) is 11.7. The Morgan fingerprint density at radius 2 is 2.18 bits per heavy atom. The van der Waals surface area contributed by atoms with Gasteiger partial charge in [-0.05, 0) is 56.1 Å². The number of hydrogen-bond donors (Lipinski definition) is 1. The molecule has 3 aromatic rings. The van der Waals surface area contributed by atoms with Crippen molar-refractivity contribution in [1.82, 2.24) is 14.8 Å². The van der Waals surface area contributed by atoms with Crippen molar-refractivity contribution in [2.45, 2.75) is 72.0 Å². The molecule has 9 heteroatoms. The van der Waals surface area contributed by atoms with E-state index in [9.17, 15) is 10.1 Å². The summed E-state index contributed by atoms with van der Waals surface area (Å²) in [4.78, 5) is 15.3. The van der Waals surface area contributed by atoms with Crippen molar-refractivity contribution in [1.29, 1.82) is 5.26 Å². The third kappa shape index (κ3) is 4.95. The summed E-state index contributed by atoms with van der Waals surface area (Å²) in [6.45, 7) is 11.8. The van der Waals surface area contributed by atoms with E-state index in [-0.39, 0.29) is 17.1 Å². The number of aryl methyl sites for hydroxylation is 1. The summed E-state index contributed by atoms with van der Waals surface area (Å²) in [7, 11) is 0. The van der Waals surface area contributed by atoms with E-state index >= 15 is 0 Å². The van der Waals surface area contributed by atoms with Gasteiger partial charge in [0.25, 0.3) is 0 Å². The molecule has 0 spiro atoms. The van der Waals surface area contributed by atoms with Gasteiger partial charge in [-0.25, -0.2) is 0 Å². The number of carbonyl (C=O) groups is 1. The van der Waals surface area contributed by atoms with Crippen LogP contribution in [0, 0.1) is 29.6 Å². The predicted octanol–water partition coefficient (Wildman–Crippen LogP) is 6.54. The second kappa shape index (κ2) is 10.2. The lowest BCUT2D eigenvalue weighted by atomic mass is 9.69. The van der Waals surface area contributed by atoms with Crippen molar-refractivity contribution in [3.8, 4) is 17.5 Å². The number of thioether (sulfide) groups is 1. The van der Waals surface area contributed by atoms with Gasteiger partial charge in [0, 0.05) is 27.2 Å². The molecule has 0 saturated carbocycles. The predicted molar refractivity (Wildman–Crippen MR) is 142 cm³/mol. The summed E-state index contributed by atoms with van der Waals surface area (Å²) in [5.74, 6) is 1.54. The maximum Gasteiger partial charge on any atom is 0.235 e. The first kappa shape index (κ1) is 25.0. The third-order valence-corrected chi connectivity index (χ3v) is 10.00. The Hall–Kier alpha value is -2.15.